The Hall–Kier alpha value is -2.49. The normalized spacial score (nSPS) is 13.8. The molecule has 0 N–H and O–H groups in total. The molecule has 0 fully saturated rings. The van der Waals surface area contributed by atoms with Crippen molar-refractivity contribution in [3.8, 4) is 11.5 Å². The summed E-state index contributed by atoms with van der Waals surface area (Å²) in [6, 6.07) is 15.2. The number of carbonyl (C=O) groups is 1. The fraction of sp³-hybridized carbons (Fsp3) is 0.188. The molecule has 102 valence electrons. The average molecular weight is 270 g/mol. The highest BCUT2D eigenvalue weighted by Gasteiger charge is 2.21. The molecule has 4 nitrogen and oxygen atoms in total. The Morgan fingerprint density at radius 1 is 1.05 bits per heavy atom. The molecule has 0 aromatic heterocycles. The summed E-state index contributed by atoms with van der Waals surface area (Å²) >= 11 is 0. The molecule has 0 amide bonds. The highest BCUT2D eigenvalue weighted by Crippen LogP contribution is 2.36. The minimum Gasteiger partial charge on any atom is -0.454 e. The van der Waals surface area contributed by atoms with Crippen LogP contribution in [-0.4, -0.2) is 12.8 Å². The van der Waals surface area contributed by atoms with E-state index < -0.39 is 6.10 Å². The minimum absolute atomic E-state index is 0.225. The van der Waals surface area contributed by atoms with E-state index in [1.54, 1.807) is 0 Å². The third kappa shape index (κ3) is 2.45. The Morgan fingerprint density at radius 2 is 1.80 bits per heavy atom. The van der Waals surface area contributed by atoms with Gasteiger partial charge in [-0.25, -0.2) is 0 Å². The number of rotatable bonds is 3. The van der Waals surface area contributed by atoms with E-state index in [-0.39, 0.29) is 12.8 Å². The van der Waals surface area contributed by atoms with Gasteiger partial charge >= 0.3 is 5.97 Å². The van der Waals surface area contributed by atoms with Crippen molar-refractivity contribution in [1.82, 2.24) is 0 Å². The third-order valence-electron chi connectivity index (χ3n) is 3.09. The molecule has 4 heteroatoms. The second-order valence-corrected chi connectivity index (χ2v) is 4.51. The summed E-state index contributed by atoms with van der Waals surface area (Å²) in [4.78, 5) is 11.4. The Balaban J connectivity index is 1.99. The van der Waals surface area contributed by atoms with Gasteiger partial charge in [-0.15, -0.1) is 0 Å². The second kappa shape index (κ2) is 5.25. The van der Waals surface area contributed by atoms with Crippen molar-refractivity contribution >= 4 is 5.97 Å². The second-order valence-electron chi connectivity index (χ2n) is 4.51. The summed E-state index contributed by atoms with van der Waals surface area (Å²) in [5.74, 6) is 1.07. The van der Waals surface area contributed by atoms with Crippen LogP contribution in [0.1, 0.15) is 24.2 Å². The molecule has 0 saturated carbocycles. The van der Waals surface area contributed by atoms with Crippen LogP contribution >= 0.6 is 0 Å². The van der Waals surface area contributed by atoms with E-state index in [0.29, 0.717) is 11.5 Å². The van der Waals surface area contributed by atoms with Gasteiger partial charge in [0.2, 0.25) is 6.79 Å². The predicted octanol–water partition coefficient (Wildman–Crippen LogP) is 3.07. The molecule has 1 unspecified atom stereocenters. The number of benzene rings is 2. The third-order valence-corrected chi connectivity index (χ3v) is 3.09. The molecule has 1 heterocycles. The van der Waals surface area contributed by atoms with Gasteiger partial charge in [0.15, 0.2) is 17.6 Å². The van der Waals surface area contributed by atoms with Gasteiger partial charge in [-0.2, -0.15) is 0 Å². The Bertz CT molecular complexity index is 622. The standard InChI is InChI=1S/C16H14O4/c1-11(17)20-16(12-5-3-2-4-6-12)13-7-8-14-15(9-13)19-10-18-14/h2-9,16H,10H2,1H3. The largest absolute Gasteiger partial charge is 0.454 e. The maximum absolute atomic E-state index is 11.4. The zero-order valence-electron chi connectivity index (χ0n) is 11.0. The zero-order chi connectivity index (χ0) is 13.9. The molecule has 0 aliphatic carbocycles. The Morgan fingerprint density at radius 3 is 2.55 bits per heavy atom. The van der Waals surface area contributed by atoms with Crippen LogP contribution in [0, 0.1) is 0 Å². The number of carbonyl (C=O) groups excluding carboxylic acids is 1. The fourth-order valence-electron chi connectivity index (χ4n) is 2.20. The molecule has 0 radical (unpaired) electrons. The molecule has 0 spiro atoms. The van der Waals surface area contributed by atoms with Crippen molar-refractivity contribution in [2.45, 2.75) is 13.0 Å². The van der Waals surface area contributed by atoms with E-state index in [4.69, 9.17) is 14.2 Å². The molecule has 1 aliphatic heterocycles. The van der Waals surface area contributed by atoms with E-state index in [9.17, 15) is 4.79 Å². The first-order valence-electron chi connectivity index (χ1n) is 6.36. The number of hydrogen-bond acceptors (Lipinski definition) is 4. The van der Waals surface area contributed by atoms with Crippen LogP contribution in [0.15, 0.2) is 48.5 Å². The fourth-order valence-corrected chi connectivity index (χ4v) is 2.20. The van der Waals surface area contributed by atoms with Gasteiger partial charge in [0.05, 0.1) is 0 Å². The quantitative estimate of drug-likeness (QED) is 0.804. The monoisotopic (exact) mass is 270 g/mol. The highest BCUT2D eigenvalue weighted by atomic mass is 16.7. The number of hydrogen-bond donors (Lipinski definition) is 0. The van der Waals surface area contributed by atoms with Crippen molar-refractivity contribution in [2.24, 2.45) is 0 Å². The van der Waals surface area contributed by atoms with E-state index in [1.807, 2.05) is 48.5 Å². The Labute approximate surface area is 116 Å². The molecule has 0 bridgehead atoms. The van der Waals surface area contributed by atoms with Crippen LogP contribution in [0.3, 0.4) is 0 Å². The van der Waals surface area contributed by atoms with E-state index in [1.165, 1.54) is 6.92 Å². The lowest BCUT2D eigenvalue weighted by atomic mass is 10.0. The molecule has 3 rings (SSSR count). The van der Waals surface area contributed by atoms with Crippen LogP contribution in [0.2, 0.25) is 0 Å². The van der Waals surface area contributed by atoms with Gasteiger partial charge in [0.1, 0.15) is 0 Å². The lowest BCUT2D eigenvalue weighted by molar-refractivity contribution is -0.144. The van der Waals surface area contributed by atoms with Gasteiger partial charge in [0.25, 0.3) is 0 Å². The molecule has 1 aliphatic rings. The first kappa shape index (κ1) is 12.5. The number of ether oxygens (including phenoxy) is 3. The first-order valence-corrected chi connectivity index (χ1v) is 6.36. The summed E-state index contributed by atoms with van der Waals surface area (Å²) in [5.41, 5.74) is 1.78. The maximum atomic E-state index is 11.4. The van der Waals surface area contributed by atoms with Crippen molar-refractivity contribution < 1.29 is 19.0 Å². The van der Waals surface area contributed by atoms with Crippen LogP contribution in [0.25, 0.3) is 0 Å². The lowest BCUT2D eigenvalue weighted by Crippen LogP contribution is -2.10. The molecule has 1 atom stereocenters. The summed E-state index contributed by atoms with van der Waals surface area (Å²) in [5, 5.41) is 0. The average Bonchev–Trinajstić information content (AvgIpc) is 2.93. The molecule has 2 aromatic rings. The Kier molecular flexibility index (Phi) is 3.29. The molecule has 2 aromatic carbocycles. The van der Waals surface area contributed by atoms with E-state index in [0.717, 1.165) is 11.1 Å². The first-order chi connectivity index (χ1) is 9.74. The van der Waals surface area contributed by atoms with Crippen LogP contribution < -0.4 is 9.47 Å². The van der Waals surface area contributed by atoms with Crippen molar-refractivity contribution in [3.63, 3.8) is 0 Å². The smallest absolute Gasteiger partial charge is 0.303 e. The summed E-state index contributed by atoms with van der Waals surface area (Å²) in [7, 11) is 0. The summed E-state index contributed by atoms with van der Waals surface area (Å²) in [6.45, 7) is 1.63. The van der Waals surface area contributed by atoms with Crippen molar-refractivity contribution in [1.29, 1.82) is 0 Å². The van der Waals surface area contributed by atoms with Crippen molar-refractivity contribution in [3.05, 3.63) is 59.7 Å². The maximum Gasteiger partial charge on any atom is 0.303 e. The summed E-state index contributed by atoms with van der Waals surface area (Å²) in [6.07, 6.45) is -0.441. The number of fused-ring (bicyclic) bond motifs is 1. The molecular weight excluding hydrogens is 256 g/mol. The van der Waals surface area contributed by atoms with E-state index >= 15 is 0 Å². The van der Waals surface area contributed by atoms with Crippen LogP contribution in [0.5, 0.6) is 11.5 Å². The molecule has 20 heavy (non-hydrogen) atoms. The van der Waals surface area contributed by atoms with Crippen molar-refractivity contribution in [2.75, 3.05) is 6.79 Å². The number of esters is 1. The van der Waals surface area contributed by atoms with E-state index in [2.05, 4.69) is 0 Å². The van der Waals surface area contributed by atoms with Gasteiger partial charge in [-0.3, -0.25) is 4.79 Å². The molecular formula is C16H14O4. The van der Waals surface area contributed by atoms with Gasteiger partial charge < -0.3 is 14.2 Å². The highest BCUT2D eigenvalue weighted by molar-refractivity contribution is 5.67. The van der Waals surface area contributed by atoms with Crippen LogP contribution in [-0.2, 0) is 9.53 Å². The minimum atomic E-state index is -0.441. The lowest BCUT2D eigenvalue weighted by Gasteiger charge is -2.18. The topological polar surface area (TPSA) is 44.8 Å². The SMILES string of the molecule is CC(=O)OC(c1ccccc1)c1ccc2c(c1)OCO2. The summed E-state index contributed by atoms with van der Waals surface area (Å²) < 4.78 is 16.1. The predicted molar refractivity (Wildman–Crippen MR) is 72.6 cm³/mol. The van der Waals surface area contributed by atoms with Gasteiger partial charge in [0, 0.05) is 12.5 Å². The molecule has 0 saturated heterocycles. The van der Waals surface area contributed by atoms with Crippen LogP contribution in [0.4, 0.5) is 0 Å². The zero-order valence-corrected chi connectivity index (χ0v) is 11.0. The van der Waals surface area contributed by atoms with Gasteiger partial charge in [-0.1, -0.05) is 36.4 Å². The van der Waals surface area contributed by atoms with Gasteiger partial charge in [-0.05, 0) is 17.7 Å².